The molecule has 0 saturated carbocycles. The van der Waals surface area contributed by atoms with E-state index in [1.54, 1.807) is 24.3 Å². The summed E-state index contributed by atoms with van der Waals surface area (Å²) in [6.45, 7) is 0. The van der Waals surface area contributed by atoms with E-state index >= 15 is 0 Å². The lowest BCUT2D eigenvalue weighted by molar-refractivity contribution is 1.16. The molecule has 0 fully saturated rings. The van der Waals surface area contributed by atoms with Gasteiger partial charge in [-0.1, -0.05) is 140 Å². The lowest BCUT2D eigenvalue weighted by Gasteiger charge is -2.13. The van der Waals surface area contributed by atoms with Crippen molar-refractivity contribution in [1.82, 2.24) is 23.7 Å². The van der Waals surface area contributed by atoms with Crippen LogP contribution in [0.1, 0.15) is 16.7 Å². The summed E-state index contributed by atoms with van der Waals surface area (Å²) in [5.74, 6) is 0.533. The fourth-order valence-corrected chi connectivity index (χ4v) is 11.9. The minimum atomic E-state index is 0.533. The minimum absolute atomic E-state index is 0.533. The first kappa shape index (κ1) is 46.7. The zero-order valence-corrected chi connectivity index (χ0v) is 43.3. The molecule has 0 amide bonds. The number of hydrogen-bond acceptors (Lipinski definition) is 5. The second kappa shape index (κ2) is 18.8. The molecule has 4 heterocycles. The molecule has 0 aliphatic heterocycles. The van der Waals surface area contributed by atoms with Crippen molar-refractivity contribution < 1.29 is 0 Å². The van der Waals surface area contributed by atoms with Crippen molar-refractivity contribution in [2.75, 3.05) is 0 Å². The smallest absolute Gasteiger partial charge is 0.160 e. The van der Waals surface area contributed by atoms with Crippen LogP contribution in [-0.2, 0) is 0 Å². The van der Waals surface area contributed by atoms with Crippen molar-refractivity contribution in [2.45, 2.75) is 0 Å². The predicted octanol–water partition coefficient (Wildman–Crippen LogP) is 17.7. The van der Waals surface area contributed by atoms with Crippen LogP contribution < -0.4 is 0 Å². The Hall–Kier alpha value is -11.6. The van der Waals surface area contributed by atoms with E-state index in [-0.39, 0.29) is 0 Å². The number of aromatic nitrogens is 5. The third kappa shape index (κ3) is 7.73. The van der Waals surface area contributed by atoms with E-state index in [2.05, 4.69) is 226 Å². The zero-order valence-electron chi connectivity index (χ0n) is 43.3. The second-order valence-corrected chi connectivity index (χ2v) is 20.3. The van der Waals surface area contributed by atoms with Crippen molar-refractivity contribution in [3.8, 4) is 91.4 Å². The molecule has 0 aliphatic carbocycles. The van der Waals surface area contributed by atoms with Gasteiger partial charge in [0, 0.05) is 66.1 Å². The summed E-state index contributed by atoms with van der Waals surface area (Å²) in [7, 11) is 0. The second-order valence-electron chi connectivity index (χ2n) is 20.3. The Kier molecular flexibility index (Phi) is 10.8. The molecule has 374 valence electrons. The third-order valence-electron chi connectivity index (χ3n) is 15.8. The van der Waals surface area contributed by atoms with E-state index in [9.17, 15) is 15.8 Å². The summed E-state index contributed by atoms with van der Waals surface area (Å²) in [5.41, 5.74) is 19.3. The van der Waals surface area contributed by atoms with Gasteiger partial charge < -0.3 is 13.7 Å². The van der Waals surface area contributed by atoms with Gasteiger partial charge in [0.05, 0.1) is 79.4 Å². The first-order valence-electron chi connectivity index (χ1n) is 26.7. The Morgan fingerprint density at radius 1 is 0.272 bits per heavy atom. The Balaban J connectivity index is 0.798. The quantitative estimate of drug-likeness (QED) is 0.150. The summed E-state index contributed by atoms with van der Waals surface area (Å²) in [5, 5.41) is 36.8. The van der Waals surface area contributed by atoms with E-state index < -0.39 is 0 Å². The maximum Gasteiger partial charge on any atom is 0.160 e. The van der Waals surface area contributed by atoms with Gasteiger partial charge in [0.1, 0.15) is 0 Å². The van der Waals surface area contributed by atoms with E-state index in [0.29, 0.717) is 22.5 Å². The van der Waals surface area contributed by atoms with Crippen molar-refractivity contribution in [3.63, 3.8) is 0 Å². The van der Waals surface area contributed by atoms with Crippen LogP contribution in [0.3, 0.4) is 0 Å². The summed E-state index contributed by atoms with van der Waals surface area (Å²) < 4.78 is 7.05. The topological polar surface area (TPSA) is 112 Å². The molecule has 0 bridgehead atoms. The highest BCUT2D eigenvalue weighted by Gasteiger charge is 2.21. The molecular weight excluding hydrogens is 989 g/mol. The summed E-state index contributed by atoms with van der Waals surface area (Å²) in [4.78, 5) is 9.91. The van der Waals surface area contributed by atoms with E-state index in [1.165, 1.54) is 21.5 Å². The largest absolute Gasteiger partial charge is 0.309 e. The standard InChI is InChI=1S/C73H42N8/c74-43-46-17-21-51(22-18-46)65-42-66(78-73(77-65)53-23-19-47(44-75)20-24-53)52-31-27-49(28-32-52)48-25-29-50(30-26-48)58-36-33-55(39-54(58)45-76)79-71-37-34-56(80-67-13-5-1-9-59(67)60-10-2-6-14-68(60)80)40-63(71)64-41-57(35-38-72(64)79)81-69-15-7-3-11-61(69)62-12-4-8-16-70(62)81/h1-42H. The summed E-state index contributed by atoms with van der Waals surface area (Å²) in [6, 6.07) is 94.5. The number of para-hydroxylation sites is 4. The van der Waals surface area contributed by atoms with Crippen molar-refractivity contribution >= 4 is 65.4 Å². The third-order valence-corrected chi connectivity index (χ3v) is 15.8. The molecule has 8 nitrogen and oxygen atoms in total. The van der Waals surface area contributed by atoms with Gasteiger partial charge in [-0.25, -0.2) is 9.97 Å². The molecule has 11 aromatic carbocycles. The number of hydrogen-bond donors (Lipinski definition) is 0. The normalized spacial score (nSPS) is 11.4. The summed E-state index contributed by atoms with van der Waals surface area (Å²) >= 11 is 0. The molecule has 4 aromatic heterocycles. The van der Waals surface area contributed by atoms with Gasteiger partial charge in [-0.05, 0) is 138 Å². The Bertz CT molecular complexity index is 4820. The van der Waals surface area contributed by atoms with Gasteiger partial charge in [-0.15, -0.1) is 0 Å². The minimum Gasteiger partial charge on any atom is -0.309 e. The van der Waals surface area contributed by atoms with E-state index in [0.717, 1.165) is 111 Å². The Morgan fingerprint density at radius 2 is 0.617 bits per heavy atom. The van der Waals surface area contributed by atoms with Gasteiger partial charge in [0.15, 0.2) is 5.82 Å². The van der Waals surface area contributed by atoms with Crippen LogP contribution >= 0.6 is 0 Å². The highest BCUT2D eigenvalue weighted by molar-refractivity contribution is 6.14. The van der Waals surface area contributed by atoms with E-state index in [1.807, 2.05) is 36.4 Å². The molecule has 0 saturated heterocycles. The van der Waals surface area contributed by atoms with Gasteiger partial charge in [0.2, 0.25) is 0 Å². The fourth-order valence-electron chi connectivity index (χ4n) is 11.9. The van der Waals surface area contributed by atoms with Crippen LogP contribution in [0.25, 0.3) is 139 Å². The van der Waals surface area contributed by atoms with Crippen molar-refractivity contribution in [2.24, 2.45) is 0 Å². The van der Waals surface area contributed by atoms with Gasteiger partial charge >= 0.3 is 0 Å². The van der Waals surface area contributed by atoms with Gasteiger partial charge in [-0.3, -0.25) is 0 Å². The molecular formula is C73H42N8. The zero-order chi connectivity index (χ0) is 54.1. The monoisotopic (exact) mass is 1030 g/mol. The molecule has 0 aliphatic rings. The highest BCUT2D eigenvalue weighted by atomic mass is 15.0. The Morgan fingerprint density at radius 3 is 1.04 bits per heavy atom. The van der Waals surface area contributed by atoms with Crippen LogP contribution in [0.15, 0.2) is 255 Å². The fraction of sp³-hybridized carbons (Fsp3) is 0. The molecule has 0 atom stereocenters. The first-order valence-corrected chi connectivity index (χ1v) is 26.7. The molecule has 0 N–H and O–H groups in total. The number of benzene rings is 11. The van der Waals surface area contributed by atoms with Gasteiger partial charge in [0.25, 0.3) is 0 Å². The van der Waals surface area contributed by atoms with Crippen molar-refractivity contribution in [3.05, 3.63) is 271 Å². The van der Waals surface area contributed by atoms with Crippen molar-refractivity contribution in [1.29, 1.82) is 15.8 Å². The molecule has 15 rings (SSSR count). The van der Waals surface area contributed by atoms with Crippen LogP contribution in [0.4, 0.5) is 0 Å². The molecule has 15 aromatic rings. The Labute approximate surface area is 465 Å². The highest BCUT2D eigenvalue weighted by Crippen LogP contribution is 2.41. The number of nitrogens with zero attached hydrogens (tertiary/aromatic N) is 8. The van der Waals surface area contributed by atoms with E-state index in [4.69, 9.17) is 9.97 Å². The van der Waals surface area contributed by atoms with Crippen LogP contribution in [0.2, 0.25) is 0 Å². The van der Waals surface area contributed by atoms with Crippen LogP contribution in [0.5, 0.6) is 0 Å². The molecule has 0 radical (unpaired) electrons. The van der Waals surface area contributed by atoms with Crippen LogP contribution in [-0.4, -0.2) is 23.7 Å². The molecule has 81 heavy (non-hydrogen) atoms. The molecule has 0 unspecified atom stereocenters. The lowest BCUT2D eigenvalue weighted by Crippen LogP contribution is -1.97. The predicted molar refractivity (Wildman–Crippen MR) is 326 cm³/mol. The molecule has 8 heteroatoms. The average molecular weight is 1030 g/mol. The number of nitriles is 3. The average Bonchev–Trinajstić information content (AvgIpc) is 4.30. The van der Waals surface area contributed by atoms with Gasteiger partial charge in [-0.2, -0.15) is 15.8 Å². The lowest BCUT2D eigenvalue weighted by atomic mass is 9.96. The molecule has 0 spiro atoms. The number of rotatable bonds is 8. The van der Waals surface area contributed by atoms with Crippen LogP contribution in [0, 0.1) is 34.0 Å². The number of fused-ring (bicyclic) bond motifs is 9. The first-order chi connectivity index (χ1) is 40.0. The maximum atomic E-state index is 10.9. The SMILES string of the molecule is N#Cc1ccc(-c2cc(-c3ccc(-c4ccc(-c5ccc(-n6c7ccc(-n8c9ccccc9c9ccccc98)cc7c7cc(-n8c9ccccc9c9ccccc98)ccc76)cc5C#N)cc4)cc3)nc(-c3ccc(C#N)cc3)n2)cc1. The maximum absolute atomic E-state index is 10.9. The summed E-state index contributed by atoms with van der Waals surface area (Å²) in [6.07, 6.45) is 0.